The van der Waals surface area contributed by atoms with Crippen LogP contribution in [-0.2, 0) is 32.1 Å². The van der Waals surface area contributed by atoms with E-state index in [0.29, 0.717) is 17.7 Å². The summed E-state index contributed by atoms with van der Waals surface area (Å²) in [6.07, 6.45) is -0.347. The molecule has 12 nitrogen and oxygen atoms in total. The Morgan fingerprint density at radius 2 is 1.76 bits per heavy atom. The van der Waals surface area contributed by atoms with Gasteiger partial charge in [-0.05, 0) is 67.1 Å². The number of carbonyl (C=O) groups is 4. The number of phenols is 1. The van der Waals surface area contributed by atoms with Gasteiger partial charge in [-0.1, -0.05) is 44.2 Å². The fourth-order valence-corrected chi connectivity index (χ4v) is 6.78. The molecule has 0 heterocycles. The average molecular weight is 620 g/mol. The minimum atomic E-state index is -2.69. The van der Waals surface area contributed by atoms with Gasteiger partial charge in [-0.3, -0.25) is 19.3 Å². The number of rotatable bonds is 7. The number of aliphatic hydroxyl groups excluding tert-OH is 2. The zero-order chi connectivity index (χ0) is 33.0. The molecule has 2 aromatic rings. The van der Waals surface area contributed by atoms with Crippen molar-refractivity contribution in [2.24, 2.45) is 23.5 Å². The van der Waals surface area contributed by atoms with Crippen molar-refractivity contribution in [3.8, 4) is 16.9 Å². The summed E-state index contributed by atoms with van der Waals surface area (Å²) in [6, 6.07) is 9.25. The van der Waals surface area contributed by atoms with E-state index in [2.05, 4.69) is 5.32 Å². The number of likely N-dealkylation sites (N-methyl/N-ethyl adjacent to an activating group) is 1. The first kappa shape index (κ1) is 31.7. The number of Topliss-reactive ketones (excluding diaryl/α,β-unsaturated/α-hetero) is 2. The van der Waals surface area contributed by atoms with Crippen LogP contribution in [0.5, 0.6) is 5.75 Å². The van der Waals surface area contributed by atoms with Crippen molar-refractivity contribution in [3.63, 3.8) is 0 Å². The molecule has 4 atom stereocenters. The molecule has 5 rings (SSSR count). The van der Waals surface area contributed by atoms with E-state index in [1.807, 2.05) is 38.1 Å². The molecule has 2 amide bonds. The number of alkyl carbamates (subject to hydrolysis) is 1. The summed E-state index contributed by atoms with van der Waals surface area (Å²) in [5, 5.41) is 47.8. The number of nitrogens with zero attached hydrogens (tertiary/aromatic N) is 1. The number of nitrogens with two attached hydrogens (primary N) is 1. The third kappa shape index (κ3) is 5.23. The molecule has 12 heteroatoms. The summed E-state index contributed by atoms with van der Waals surface area (Å²) in [7, 11) is 3.11. The first-order valence-corrected chi connectivity index (χ1v) is 14.7. The highest BCUT2D eigenvalue weighted by Crippen LogP contribution is 2.53. The van der Waals surface area contributed by atoms with Crippen LogP contribution in [0.2, 0.25) is 0 Å². The predicted molar refractivity (Wildman–Crippen MR) is 163 cm³/mol. The number of aromatic hydroxyl groups is 1. The highest BCUT2D eigenvalue weighted by molar-refractivity contribution is 6.24. The smallest absolute Gasteiger partial charge is 0.407 e. The van der Waals surface area contributed by atoms with Crippen LogP contribution in [-0.4, -0.2) is 81.2 Å². The highest BCUT2D eigenvalue weighted by Gasteiger charge is 2.64. The van der Waals surface area contributed by atoms with E-state index in [9.17, 15) is 39.6 Å². The summed E-state index contributed by atoms with van der Waals surface area (Å²) in [6.45, 7) is 4.44. The van der Waals surface area contributed by atoms with Gasteiger partial charge in [0.05, 0.1) is 18.2 Å². The molecule has 0 aliphatic heterocycles. The number of benzene rings is 2. The number of ketones is 2. The van der Waals surface area contributed by atoms with Crippen LogP contribution in [0.3, 0.4) is 0 Å². The minimum Gasteiger partial charge on any atom is -0.508 e. The van der Waals surface area contributed by atoms with Gasteiger partial charge in [0.15, 0.2) is 11.4 Å². The quantitative estimate of drug-likeness (QED) is 0.250. The van der Waals surface area contributed by atoms with Crippen LogP contribution in [0, 0.1) is 17.8 Å². The second kappa shape index (κ2) is 11.7. The number of amides is 2. The summed E-state index contributed by atoms with van der Waals surface area (Å²) in [4.78, 5) is 52.9. The first-order valence-electron chi connectivity index (χ1n) is 14.7. The lowest BCUT2D eigenvalue weighted by Crippen LogP contribution is -2.65. The second-order valence-corrected chi connectivity index (χ2v) is 12.5. The van der Waals surface area contributed by atoms with Gasteiger partial charge in [-0.25, -0.2) is 4.79 Å². The first-order chi connectivity index (χ1) is 21.2. The molecular weight excluding hydrogens is 582 g/mol. The number of primary amides is 1. The number of phenolic OH excluding ortho intramolecular Hbond substituents is 1. The van der Waals surface area contributed by atoms with E-state index >= 15 is 0 Å². The van der Waals surface area contributed by atoms with Gasteiger partial charge in [0.2, 0.25) is 5.78 Å². The number of fused-ring (bicyclic) bond motifs is 3. The maximum absolute atomic E-state index is 14.0. The minimum absolute atomic E-state index is 0.00161. The highest BCUT2D eigenvalue weighted by atomic mass is 16.5. The molecule has 2 aromatic carbocycles. The molecule has 3 aliphatic carbocycles. The van der Waals surface area contributed by atoms with Crippen LogP contribution in [0.25, 0.3) is 16.9 Å². The molecule has 1 fully saturated rings. The zero-order valence-electron chi connectivity index (χ0n) is 25.5. The van der Waals surface area contributed by atoms with Crippen molar-refractivity contribution in [1.29, 1.82) is 0 Å². The lowest BCUT2D eigenvalue weighted by Gasteiger charge is -2.50. The molecule has 0 bridgehead atoms. The van der Waals surface area contributed by atoms with Gasteiger partial charge in [-0.2, -0.15) is 0 Å². The summed E-state index contributed by atoms with van der Waals surface area (Å²) in [5.41, 5.74) is 4.44. The molecule has 0 aromatic heterocycles. The number of hydrogen-bond donors (Lipinski definition) is 6. The number of aliphatic hydroxyl groups is 3. The maximum atomic E-state index is 14.0. The molecule has 0 spiro atoms. The summed E-state index contributed by atoms with van der Waals surface area (Å²) >= 11 is 0. The summed E-state index contributed by atoms with van der Waals surface area (Å²) in [5.74, 6) is -6.74. The van der Waals surface area contributed by atoms with Crippen LogP contribution in [0.15, 0.2) is 53.3 Å². The van der Waals surface area contributed by atoms with Crippen LogP contribution in [0.4, 0.5) is 4.79 Å². The van der Waals surface area contributed by atoms with E-state index in [1.165, 1.54) is 11.0 Å². The van der Waals surface area contributed by atoms with Gasteiger partial charge in [0.1, 0.15) is 22.8 Å². The summed E-state index contributed by atoms with van der Waals surface area (Å²) < 4.78 is 5.14. The number of carbonyl (C=O) groups excluding carboxylic acids is 4. The van der Waals surface area contributed by atoms with Crippen LogP contribution >= 0.6 is 0 Å². The normalized spacial score (nSPS) is 24.4. The fourth-order valence-electron chi connectivity index (χ4n) is 6.78. The monoisotopic (exact) mass is 619 g/mol. The van der Waals surface area contributed by atoms with Crippen molar-refractivity contribution in [2.45, 2.75) is 44.9 Å². The van der Waals surface area contributed by atoms with Crippen molar-refractivity contribution < 1.29 is 44.3 Å². The number of nitrogens with one attached hydrogen (secondary N) is 1. The third-order valence-electron chi connectivity index (χ3n) is 8.85. The van der Waals surface area contributed by atoms with Gasteiger partial charge in [0, 0.05) is 18.0 Å². The van der Waals surface area contributed by atoms with Crippen molar-refractivity contribution >= 4 is 29.3 Å². The van der Waals surface area contributed by atoms with Crippen molar-refractivity contribution in [2.75, 3.05) is 20.7 Å². The van der Waals surface area contributed by atoms with Crippen LogP contribution < -0.4 is 11.1 Å². The molecule has 238 valence electrons. The van der Waals surface area contributed by atoms with Crippen LogP contribution in [0.1, 0.15) is 37.0 Å². The van der Waals surface area contributed by atoms with Gasteiger partial charge in [-0.15, -0.1) is 0 Å². The van der Waals surface area contributed by atoms with E-state index in [0.717, 1.165) is 11.1 Å². The molecule has 1 saturated carbocycles. The molecular formula is C33H37N3O9. The van der Waals surface area contributed by atoms with E-state index in [-0.39, 0.29) is 42.2 Å². The van der Waals surface area contributed by atoms with Gasteiger partial charge >= 0.3 is 6.09 Å². The lowest BCUT2D eigenvalue weighted by atomic mass is 9.57. The Labute approximate surface area is 259 Å². The van der Waals surface area contributed by atoms with Gasteiger partial charge in [0.25, 0.3) is 5.91 Å². The fraction of sp³-hybridized carbons (Fsp3) is 0.394. The Morgan fingerprint density at radius 3 is 2.36 bits per heavy atom. The zero-order valence-corrected chi connectivity index (χ0v) is 25.5. The Hall–Kier alpha value is -4.68. The predicted octanol–water partition coefficient (Wildman–Crippen LogP) is 2.51. The van der Waals surface area contributed by atoms with E-state index in [1.54, 1.807) is 20.2 Å². The number of hydrogen-bond acceptors (Lipinski definition) is 10. The van der Waals surface area contributed by atoms with Gasteiger partial charge < -0.3 is 36.2 Å². The maximum Gasteiger partial charge on any atom is 0.407 e. The number of ether oxygens (including phenoxy) is 1. The Balaban J connectivity index is 1.53. The topological polar surface area (TPSA) is 200 Å². The standard InChI is InChI=1S/C33H37N3O9/c1-15(2)14-45-32(43)35-13-16-5-7-17(8-6-16)19-9-10-22(37)24-20(19)11-18-12-21-26(36(3)4)28(39)25(31(34)42)30(41)33(21,44)29(40)23(18)27(24)38/h5-10,15,18,21,26,37-38,41,44H,11-14H2,1-4H3,(H2,34,42)(H,35,43)/t18-,21-,26-,33-/m1/s1. The second-order valence-electron chi connectivity index (χ2n) is 12.5. The molecule has 3 aliphatic rings. The van der Waals surface area contributed by atoms with Crippen molar-refractivity contribution in [1.82, 2.24) is 10.2 Å². The van der Waals surface area contributed by atoms with E-state index < -0.39 is 64.1 Å². The third-order valence-corrected chi connectivity index (χ3v) is 8.85. The molecule has 0 unspecified atom stereocenters. The Kier molecular flexibility index (Phi) is 8.23. The lowest BCUT2D eigenvalue weighted by molar-refractivity contribution is -0.153. The Morgan fingerprint density at radius 1 is 1.09 bits per heavy atom. The average Bonchev–Trinajstić information content (AvgIpc) is 2.97. The molecule has 0 radical (unpaired) electrons. The van der Waals surface area contributed by atoms with Crippen molar-refractivity contribution in [3.05, 3.63) is 70.0 Å². The Bertz CT molecular complexity index is 1660. The molecule has 0 saturated heterocycles. The van der Waals surface area contributed by atoms with E-state index in [4.69, 9.17) is 10.5 Å². The largest absolute Gasteiger partial charge is 0.508 e. The molecule has 7 N–H and O–H groups in total. The SMILES string of the molecule is CC(C)COC(=O)NCc1ccc(-c2ccc(O)c3c2C[C@@H]2C[C@@H]4[C@@H](N(C)C)C(=O)C(C(N)=O)=C(O)[C@]4(O)C(=O)C2=C3O)cc1. The molecule has 45 heavy (non-hydrogen) atoms.